The maximum Gasteiger partial charge on any atom is 0.305 e. The fraction of sp³-hybridized carbons (Fsp3) is 0.308. The van der Waals surface area contributed by atoms with Crippen molar-refractivity contribution in [3.05, 3.63) is 45.9 Å². The second-order valence-electron chi connectivity index (χ2n) is 4.67. The first-order valence-corrected chi connectivity index (χ1v) is 6.34. The molecule has 3 rings (SSSR count). The van der Waals surface area contributed by atoms with E-state index in [0.717, 1.165) is 31.4 Å². The van der Waals surface area contributed by atoms with E-state index in [1.165, 1.54) is 6.07 Å². The summed E-state index contributed by atoms with van der Waals surface area (Å²) in [5.74, 6) is -0.832. The van der Waals surface area contributed by atoms with Crippen molar-refractivity contribution in [2.45, 2.75) is 6.04 Å². The maximum atomic E-state index is 14.0. The molecule has 1 fully saturated rings. The zero-order valence-corrected chi connectivity index (χ0v) is 10.6. The van der Waals surface area contributed by atoms with Crippen molar-refractivity contribution in [2.24, 2.45) is 0 Å². The number of hydrogen-bond acceptors (Lipinski definition) is 5. The molecule has 1 aromatic heterocycles. The van der Waals surface area contributed by atoms with Gasteiger partial charge in [-0.3, -0.25) is 15.1 Å². The minimum Gasteiger partial charge on any atom is -0.314 e. The van der Waals surface area contributed by atoms with Crippen molar-refractivity contribution in [2.75, 3.05) is 19.6 Å². The summed E-state index contributed by atoms with van der Waals surface area (Å²) in [7, 11) is 0. The molecule has 1 atom stereocenters. The van der Waals surface area contributed by atoms with Gasteiger partial charge in [-0.2, -0.15) is 4.39 Å². The van der Waals surface area contributed by atoms with Gasteiger partial charge in [0.1, 0.15) is 0 Å². The molecule has 2 aromatic rings. The number of nitrogens with one attached hydrogen (secondary N) is 2. The molecule has 0 amide bonds. The standard InChI is InChI=1S/C13H13FN4O2/c14-13-8-1-2-10(11-7-15-5-6-16-11)17-9(8)3-4-12(13)18(19)20/h1-4,11,15-16H,5-7H2. The highest BCUT2D eigenvalue weighted by Crippen LogP contribution is 2.26. The summed E-state index contributed by atoms with van der Waals surface area (Å²) in [6, 6.07) is 5.97. The lowest BCUT2D eigenvalue weighted by Crippen LogP contribution is -2.42. The molecule has 0 aliphatic carbocycles. The number of rotatable bonds is 2. The van der Waals surface area contributed by atoms with E-state index in [2.05, 4.69) is 15.6 Å². The molecule has 7 heteroatoms. The van der Waals surface area contributed by atoms with Crippen LogP contribution in [0.3, 0.4) is 0 Å². The maximum absolute atomic E-state index is 14.0. The number of aromatic nitrogens is 1. The summed E-state index contributed by atoms with van der Waals surface area (Å²) in [5, 5.41) is 17.4. The molecule has 0 bridgehead atoms. The van der Waals surface area contributed by atoms with Gasteiger partial charge in [-0.15, -0.1) is 0 Å². The number of nitro groups is 1. The predicted molar refractivity (Wildman–Crippen MR) is 72.0 cm³/mol. The zero-order chi connectivity index (χ0) is 14.1. The van der Waals surface area contributed by atoms with Crippen molar-refractivity contribution in [3.63, 3.8) is 0 Å². The molecule has 104 valence electrons. The minimum atomic E-state index is -0.832. The van der Waals surface area contributed by atoms with E-state index in [1.807, 2.05) is 0 Å². The number of fused-ring (bicyclic) bond motifs is 1. The molecule has 1 unspecified atom stereocenters. The highest BCUT2D eigenvalue weighted by molar-refractivity contribution is 5.82. The molecular weight excluding hydrogens is 263 g/mol. The number of nitrogens with zero attached hydrogens (tertiary/aromatic N) is 2. The highest BCUT2D eigenvalue weighted by Gasteiger charge is 2.20. The van der Waals surface area contributed by atoms with Gasteiger partial charge in [-0.05, 0) is 18.2 Å². The summed E-state index contributed by atoms with van der Waals surface area (Å²) < 4.78 is 14.0. The van der Waals surface area contributed by atoms with Gasteiger partial charge in [-0.25, -0.2) is 0 Å². The topological polar surface area (TPSA) is 80.1 Å². The largest absolute Gasteiger partial charge is 0.314 e. The second-order valence-corrected chi connectivity index (χ2v) is 4.67. The van der Waals surface area contributed by atoms with Crippen LogP contribution in [-0.4, -0.2) is 29.5 Å². The molecule has 0 spiro atoms. The number of hydrogen-bond donors (Lipinski definition) is 2. The fourth-order valence-corrected chi connectivity index (χ4v) is 2.37. The number of piperazine rings is 1. The van der Waals surface area contributed by atoms with Crippen LogP contribution in [-0.2, 0) is 0 Å². The van der Waals surface area contributed by atoms with Gasteiger partial charge < -0.3 is 10.6 Å². The third-order valence-electron chi connectivity index (χ3n) is 3.40. The highest BCUT2D eigenvalue weighted by atomic mass is 19.1. The van der Waals surface area contributed by atoms with Crippen LogP contribution in [0, 0.1) is 15.9 Å². The van der Waals surface area contributed by atoms with Crippen molar-refractivity contribution < 1.29 is 9.31 Å². The first kappa shape index (κ1) is 12.9. The Morgan fingerprint density at radius 3 is 2.85 bits per heavy atom. The van der Waals surface area contributed by atoms with E-state index in [1.54, 1.807) is 12.1 Å². The van der Waals surface area contributed by atoms with Crippen LogP contribution in [0.2, 0.25) is 0 Å². The quantitative estimate of drug-likeness (QED) is 0.642. The summed E-state index contributed by atoms with van der Waals surface area (Å²) in [6.07, 6.45) is 0. The summed E-state index contributed by atoms with van der Waals surface area (Å²) in [4.78, 5) is 14.4. The van der Waals surface area contributed by atoms with Gasteiger partial charge in [0, 0.05) is 31.1 Å². The Balaban J connectivity index is 2.04. The second kappa shape index (κ2) is 5.10. The van der Waals surface area contributed by atoms with Crippen molar-refractivity contribution >= 4 is 16.6 Å². The van der Waals surface area contributed by atoms with Crippen LogP contribution in [0.15, 0.2) is 24.3 Å². The summed E-state index contributed by atoms with van der Waals surface area (Å²) in [5.41, 5.74) is 0.709. The van der Waals surface area contributed by atoms with E-state index in [-0.39, 0.29) is 11.4 Å². The molecule has 1 aliphatic heterocycles. The first-order chi connectivity index (χ1) is 9.66. The van der Waals surface area contributed by atoms with E-state index in [0.29, 0.717) is 5.52 Å². The van der Waals surface area contributed by atoms with Gasteiger partial charge in [0.25, 0.3) is 0 Å². The van der Waals surface area contributed by atoms with Crippen LogP contribution >= 0.6 is 0 Å². The van der Waals surface area contributed by atoms with E-state index < -0.39 is 16.4 Å². The number of nitro benzene ring substituents is 1. The average molecular weight is 276 g/mol. The molecule has 20 heavy (non-hydrogen) atoms. The molecule has 2 N–H and O–H groups in total. The van der Waals surface area contributed by atoms with Gasteiger partial charge in [0.2, 0.25) is 5.82 Å². The molecule has 0 saturated carbocycles. The first-order valence-electron chi connectivity index (χ1n) is 6.34. The molecule has 1 saturated heterocycles. The SMILES string of the molecule is O=[N+]([O-])c1ccc2nc(C3CNCCN3)ccc2c1F. The van der Waals surface area contributed by atoms with Gasteiger partial charge >= 0.3 is 5.69 Å². The Labute approximate surface area is 114 Å². The van der Waals surface area contributed by atoms with Gasteiger partial charge in [-0.1, -0.05) is 0 Å². The Morgan fingerprint density at radius 2 is 2.15 bits per heavy atom. The molecule has 0 radical (unpaired) electrons. The van der Waals surface area contributed by atoms with E-state index in [4.69, 9.17) is 0 Å². The van der Waals surface area contributed by atoms with Crippen LogP contribution < -0.4 is 10.6 Å². The van der Waals surface area contributed by atoms with E-state index >= 15 is 0 Å². The van der Waals surface area contributed by atoms with Gasteiger partial charge in [0.05, 0.1) is 22.2 Å². The number of pyridine rings is 1. The Bertz CT molecular complexity index is 671. The molecule has 2 heterocycles. The lowest BCUT2D eigenvalue weighted by atomic mass is 10.1. The Hall–Kier alpha value is -2.12. The van der Waals surface area contributed by atoms with Crippen molar-refractivity contribution in [1.82, 2.24) is 15.6 Å². The lowest BCUT2D eigenvalue weighted by Gasteiger charge is -2.24. The van der Waals surface area contributed by atoms with Crippen molar-refractivity contribution in [3.8, 4) is 0 Å². The van der Waals surface area contributed by atoms with Crippen LogP contribution in [0.25, 0.3) is 10.9 Å². The summed E-state index contributed by atoms with van der Waals surface area (Å²) in [6.45, 7) is 2.51. The minimum absolute atomic E-state index is 0.0754. The predicted octanol–water partition coefficient (Wildman–Crippen LogP) is 1.52. The monoisotopic (exact) mass is 276 g/mol. The van der Waals surface area contributed by atoms with Crippen molar-refractivity contribution in [1.29, 1.82) is 0 Å². The Kier molecular flexibility index (Phi) is 3.29. The van der Waals surface area contributed by atoms with Crippen LogP contribution in [0.1, 0.15) is 11.7 Å². The number of halogens is 1. The third-order valence-corrected chi connectivity index (χ3v) is 3.40. The molecule has 6 nitrogen and oxygen atoms in total. The third kappa shape index (κ3) is 2.21. The van der Waals surface area contributed by atoms with Crippen LogP contribution in [0.5, 0.6) is 0 Å². The zero-order valence-electron chi connectivity index (χ0n) is 10.6. The fourth-order valence-electron chi connectivity index (χ4n) is 2.37. The normalized spacial score (nSPS) is 19.1. The molecular formula is C13H13FN4O2. The van der Waals surface area contributed by atoms with E-state index in [9.17, 15) is 14.5 Å². The lowest BCUT2D eigenvalue weighted by molar-refractivity contribution is -0.387. The molecule has 1 aromatic carbocycles. The molecule has 1 aliphatic rings. The van der Waals surface area contributed by atoms with Gasteiger partial charge in [0.15, 0.2) is 0 Å². The smallest absolute Gasteiger partial charge is 0.305 e. The summed E-state index contributed by atoms with van der Waals surface area (Å²) >= 11 is 0. The Morgan fingerprint density at radius 1 is 1.30 bits per heavy atom. The average Bonchev–Trinajstić information content (AvgIpc) is 2.48. The number of benzene rings is 1. The van der Waals surface area contributed by atoms with Crippen LogP contribution in [0.4, 0.5) is 10.1 Å².